The van der Waals surface area contributed by atoms with Gasteiger partial charge in [0.2, 0.25) is 0 Å². The van der Waals surface area contributed by atoms with Crippen molar-refractivity contribution in [2.24, 2.45) is 0 Å². The van der Waals surface area contributed by atoms with Crippen LogP contribution in [0.5, 0.6) is 0 Å². The van der Waals surface area contributed by atoms with Crippen molar-refractivity contribution in [3.63, 3.8) is 0 Å². The molecule has 0 saturated heterocycles. The number of nitrogens with one attached hydrogen (secondary N) is 1. The Bertz CT molecular complexity index is 297. The second-order valence-corrected chi connectivity index (χ2v) is 4.23. The molecule has 1 aromatic carbocycles. The smallest absolute Gasteiger partial charge is 0.0584 e. The maximum Gasteiger partial charge on any atom is 0.0584 e. The van der Waals surface area contributed by atoms with Gasteiger partial charge in [-0.15, -0.1) is 12.4 Å². The molecular formula is C13H23ClN2O. The van der Waals surface area contributed by atoms with Gasteiger partial charge < -0.3 is 15.3 Å². The highest BCUT2D eigenvalue weighted by Gasteiger charge is 2.03. The van der Waals surface area contributed by atoms with Gasteiger partial charge in [0.25, 0.3) is 0 Å². The van der Waals surface area contributed by atoms with Gasteiger partial charge in [0, 0.05) is 32.4 Å². The quantitative estimate of drug-likeness (QED) is 0.820. The molecule has 1 aromatic rings. The lowest BCUT2D eigenvalue weighted by atomic mass is 10.1. The molecule has 0 aliphatic heterocycles. The van der Waals surface area contributed by atoms with Crippen LogP contribution in [0.3, 0.4) is 0 Å². The fraction of sp³-hybridized carbons (Fsp3) is 0.538. The Hall–Kier alpha value is -0.770. The highest BCUT2D eigenvalue weighted by molar-refractivity contribution is 5.85. The second kappa shape index (κ2) is 8.34. The number of aliphatic hydroxyl groups is 1. The van der Waals surface area contributed by atoms with Gasteiger partial charge in [-0.2, -0.15) is 0 Å². The first-order valence-corrected chi connectivity index (χ1v) is 5.78. The van der Waals surface area contributed by atoms with E-state index in [-0.39, 0.29) is 25.1 Å². The van der Waals surface area contributed by atoms with Gasteiger partial charge >= 0.3 is 0 Å². The summed E-state index contributed by atoms with van der Waals surface area (Å²) in [6, 6.07) is 8.65. The van der Waals surface area contributed by atoms with E-state index in [0.29, 0.717) is 0 Å². The number of nitrogens with zero attached hydrogens (tertiary/aromatic N) is 1. The summed E-state index contributed by atoms with van der Waals surface area (Å²) in [4.78, 5) is 2.08. The van der Waals surface area contributed by atoms with Crippen LogP contribution >= 0.6 is 12.4 Å². The maximum absolute atomic E-state index is 9.05. The van der Waals surface area contributed by atoms with Crippen LogP contribution in [-0.4, -0.2) is 31.9 Å². The Labute approximate surface area is 110 Å². The van der Waals surface area contributed by atoms with E-state index in [0.717, 1.165) is 13.0 Å². The number of hydrogen-bond acceptors (Lipinski definition) is 3. The molecule has 3 nitrogen and oxygen atoms in total. The van der Waals surface area contributed by atoms with Crippen LogP contribution in [-0.2, 0) is 6.54 Å². The molecule has 0 aliphatic rings. The minimum Gasteiger partial charge on any atom is -0.395 e. The number of anilines is 1. The largest absolute Gasteiger partial charge is 0.395 e. The molecule has 0 heterocycles. The zero-order valence-corrected chi connectivity index (χ0v) is 11.6. The molecule has 1 unspecified atom stereocenters. The molecule has 17 heavy (non-hydrogen) atoms. The fourth-order valence-corrected chi connectivity index (χ4v) is 1.51. The maximum atomic E-state index is 9.05. The summed E-state index contributed by atoms with van der Waals surface area (Å²) in [6.07, 6.45) is 0.951. The number of hydrogen-bond donors (Lipinski definition) is 2. The number of benzene rings is 1. The Morgan fingerprint density at radius 3 is 2.24 bits per heavy atom. The van der Waals surface area contributed by atoms with Crippen molar-refractivity contribution in [2.45, 2.75) is 25.9 Å². The number of aliphatic hydroxyl groups excluding tert-OH is 1. The molecule has 0 saturated carbocycles. The molecule has 2 N–H and O–H groups in total. The Kier molecular flexibility index (Phi) is 7.96. The van der Waals surface area contributed by atoms with Crippen LogP contribution in [0.4, 0.5) is 5.69 Å². The molecule has 98 valence electrons. The second-order valence-electron chi connectivity index (χ2n) is 4.23. The van der Waals surface area contributed by atoms with E-state index in [1.54, 1.807) is 0 Å². The first kappa shape index (κ1) is 16.2. The lowest BCUT2D eigenvalue weighted by molar-refractivity contribution is 0.238. The summed E-state index contributed by atoms with van der Waals surface area (Å²) in [7, 11) is 4.07. The van der Waals surface area contributed by atoms with E-state index in [1.165, 1.54) is 11.3 Å². The van der Waals surface area contributed by atoms with Crippen LogP contribution in [0, 0.1) is 0 Å². The normalized spacial score (nSPS) is 11.8. The summed E-state index contributed by atoms with van der Waals surface area (Å²) in [6.45, 7) is 3.09. The third kappa shape index (κ3) is 5.39. The fourth-order valence-electron chi connectivity index (χ4n) is 1.51. The molecule has 0 spiro atoms. The van der Waals surface area contributed by atoms with E-state index in [9.17, 15) is 0 Å². The van der Waals surface area contributed by atoms with Gasteiger partial charge in [-0.3, -0.25) is 0 Å². The van der Waals surface area contributed by atoms with Crippen LogP contribution in [0.2, 0.25) is 0 Å². The zero-order valence-electron chi connectivity index (χ0n) is 10.8. The zero-order chi connectivity index (χ0) is 12.0. The summed E-state index contributed by atoms with van der Waals surface area (Å²) in [5.41, 5.74) is 2.45. The molecule has 0 fully saturated rings. The lowest BCUT2D eigenvalue weighted by Crippen LogP contribution is -2.31. The molecule has 0 bridgehead atoms. The highest BCUT2D eigenvalue weighted by atomic mass is 35.5. The standard InChI is InChI=1S/C13H22N2O.ClH/c1-4-12(10-16)14-9-11-5-7-13(8-6-11)15(2)3;/h5-8,12,14,16H,4,9-10H2,1-3H3;1H. The first-order chi connectivity index (χ1) is 7.67. The van der Waals surface area contributed by atoms with Crippen molar-refractivity contribution in [1.82, 2.24) is 5.32 Å². The lowest BCUT2D eigenvalue weighted by Gasteiger charge is -2.15. The average molecular weight is 259 g/mol. The summed E-state index contributed by atoms with van der Waals surface area (Å²) in [5, 5.41) is 12.4. The van der Waals surface area contributed by atoms with Crippen molar-refractivity contribution in [2.75, 3.05) is 25.6 Å². The van der Waals surface area contributed by atoms with E-state index in [1.807, 2.05) is 14.1 Å². The van der Waals surface area contributed by atoms with E-state index >= 15 is 0 Å². The van der Waals surface area contributed by atoms with Gasteiger partial charge in [-0.1, -0.05) is 19.1 Å². The predicted octanol–water partition coefficient (Wildman–Crippen LogP) is 2.03. The monoisotopic (exact) mass is 258 g/mol. The molecule has 1 atom stereocenters. The van der Waals surface area contributed by atoms with Crippen LogP contribution in [0.15, 0.2) is 24.3 Å². The predicted molar refractivity (Wildman–Crippen MR) is 76.0 cm³/mol. The van der Waals surface area contributed by atoms with Gasteiger partial charge in [-0.25, -0.2) is 0 Å². The minimum absolute atomic E-state index is 0. The SMILES string of the molecule is CCC(CO)NCc1ccc(N(C)C)cc1.Cl. The highest BCUT2D eigenvalue weighted by Crippen LogP contribution is 2.12. The van der Waals surface area contributed by atoms with Crippen molar-refractivity contribution < 1.29 is 5.11 Å². The van der Waals surface area contributed by atoms with Crippen molar-refractivity contribution in [3.05, 3.63) is 29.8 Å². The minimum atomic E-state index is 0. The van der Waals surface area contributed by atoms with Crippen molar-refractivity contribution >= 4 is 18.1 Å². The average Bonchev–Trinajstić information content (AvgIpc) is 2.31. The van der Waals surface area contributed by atoms with Gasteiger partial charge in [0.15, 0.2) is 0 Å². The van der Waals surface area contributed by atoms with Crippen molar-refractivity contribution in [3.8, 4) is 0 Å². The van der Waals surface area contributed by atoms with Crippen LogP contribution < -0.4 is 10.2 Å². The molecule has 1 rings (SSSR count). The molecule has 0 amide bonds. The van der Waals surface area contributed by atoms with Crippen LogP contribution in [0.25, 0.3) is 0 Å². The molecular weight excluding hydrogens is 236 g/mol. The topological polar surface area (TPSA) is 35.5 Å². The molecule has 0 aliphatic carbocycles. The third-order valence-electron chi connectivity index (χ3n) is 2.76. The Balaban J connectivity index is 0.00000256. The molecule has 4 heteroatoms. The van der Waals surface area contributed by atoms with E-state index in [4.69, 9.17) is 5.11 Å². The summed E-state index contributed by atoms with van der Waals surface area (Å²) < 4.78 is 0. The first-order valence-electron chi connectivity index (χ1n) is 5.78. The van der Waals surface area contributed by atoms with Crippen LogP contribution in [0.1, 0.15) is 18.9 Å². The Morgan fingerprint density at radius 1 is 1.24 bits per heavy atom. The molecule has 0 radical (unpaired) electrons. The van der Waals surface area contributed by atoms with E-state index in [2.05, 4.69) is 41.4 Å². The Morgan fingerprint density at radius 2 is 1.82 bits per heavy atom. The number of halogens is 1. The van der Waals surface area contributed by atoms with Gasteiger partial charge in [0.05, 0.1) is 6.61 Å². The molecule has 0 aromatic heterocycles. The third-order valence-corrected chi connectivity index (χ3v) is 2.76. The van der Waals surface area contributed by atoms with E-state index < -0.39 is 0 Å². The summed E-state index contributed by atoms with van der Waals surface area (Å²) in [5.74, 6) is 0. The van der Waals surface area contributed by atoms with Gasteiger partial charge in [0.1, 0.15) is 0 Å². The number of rotatable bonds is 6. The summed E-state index contributed by atoms with van der Waals surface area (Å²) >= 11 is 0. The van der Waals surface area contributed by atoms with Gasteiger partial charge in [-0.05, 0) is 24.1 Å². The van der Waals surface area contributed by atoms with Crippen molar-refractivity contribution in [1.29, 1.82) is 0 Å².